The van der Waals surface area contributed by atoms with Crippen molar-refractivity contribution in [3.63, 3.8) is 0 Å². The number of anilines is 1. The molecular formula is C27H19NO6. The molecule has 5 rings (SSSR count). The molecular weight excluding hydrogens is 434 g/mol. The lowest BCUT2D eigenvalue weighted by Gasteiger charge is -2.10. The summed E-state index contributed by atoms with van der Waals surface area (Å²) in [5.74, 6) is -0.361. The summed E-state index contributed by atoms with van der Waals surface area (Å²) in [4.78, 5) is 37.3. The lowest BCUT2D eigenvalue weighted by molar-refractivity contribution is -0.114. The first-order chi connectivity index (χ1) is 16.4. The molecule has 0 spiro atoms. The Bertz CT molecular complexity index is 1680. The minimum atomic E-state index is -0.545. The van der Waals surface area contributed by atoms with Crippen LogP contribution in [0.4, 0.5) is 5.69 Å². The number of benzene rings is 3. The van der Waals surface area contributed by atoms with Crippen LogP contribution < -0.4 is 16.4 Å². The van der Waals surface area contributed by atoms with E-state index in [2.05, 4.69) is 5.32 Å². The Morgan fingerprint density at radius 3 is 2.56 bits per heavy atom. The van der Waals surface area contributed by atoms with Crippen molar-refractivity contribution in [2.24, 2.45) is 0 Å². The van der Waals surface area contributed by atoms with Crippen LogP contribution in [0.15, 0.2) is 91.4 Å². The fourth-order valence-corrected chi connectivity index (χ4v) is 3.99. The summed E-state index contributed by atoms with van der Waals surface area (Å²) in [6.07, 6.45) is 1.32. The van der Waals surface area contributed by atoms with Crippen molar-refractivity contribution in [2.45, 2.75) is 13.3 Å². The third-order valence-electron chi connectivity index (χ3n) is 5.60. The summed E-state index contributed by atoms with van der Waals surface area (Å²) >= 11 is 0. The number of fused-ring (bicyclic) bond motifs is 2. The summed E-state index contributed by atoms with van der Waals surface area (Å²) in [5.41, 5.74) is 1.88. The summed E-state index contributed by atoms with van der Waals surface area (Å²) in [6.45, 7) is 1.38. The zero-order valence-electron chi connectivity index (χ0n) is 18.1. The predicted octanol–water partition coefficient (Wildman–Crippen LogP) is 4.82. The minimum Gasteiger partial charge on any atom is -0.508 e. The van der Waals surface area contributed by atoms with Gasteiger partial charge < -0.3 is 19.3 Å². The van der Waals surface area contributed by atoms with Crippen LogP contribution in [-0.2, 0) is 11.2 Å². The van der Waals surface area contributed by atoms with Crippen molar-refractivity contribution in [3.8, 4) is 16.9 Å². The Morgan fingerprint density at radius 1 is 1.00 bits per heavy atom. The Labute approximate surface area is 192 Å². The number of phenolic OH excluding ortho intramolecular Hbond substituents is 1. The predicted molar refractivity (Wildman–Crippen MR) is 129 cm³/mol. The molecule has 0 radical (unpaired) electrons. The van der Waals surface area contributed by atoms with Gasteiger partial charge in [0.25, 0.3) is 0 Å². The van der Waals surface area contributed by atoms with Gasteiger partial charge >= 0.3 is 5.63 Å². The van der Waals surface area contributed by atoms with E-state index in [4.69, 9.17) is 8.83 Å². The largest absolute Gasteiger partial charge is 0.508 e. The molecule has 0 unspecified atom stereocenters. The molecule has 5 aromatic rings. The summed E-state index contributed by atoms with van der Waals surface area (Å²) in [6, 6.07) is 18.8. The smallest absolute Gasteiger partial charge is 0.344 e. The Kier molecular flexibility index (Phi) is 5.22. The molecule has 2 heterocycles. The van der Waals surface area contributed by atoms with Crippen molar-refractivity contribution in [2.75, 3.05) is 5.32 Å². The van der Waals surface area contributed by atoms with Crippen LogP contribution in [-0.4, -0.2) is 11.0 Å². The van der Waals surface area contributed by atoms with Crippen molar-refractivity contribution >= 4 is 33.5 Å². The monoisotopic (exact) mass is 453 g/mol. The summed E-state index contributed by atoms with van der Waals surface area (Å²) < 4.78 is 11.2. The maximum absolute atomic E-state index is 13.2. The molecule has 0 saturated carbocycles. The molecule has 0 aliphatic heterocycles. The highest BCUT2D eigenvalue weighted by Gasteiger charge is 2.17. The molecule has 3 aromatic carbocycles. The van der Waals surface area contributed by atoms with E-state index in [0.717, 1.165) is 5.56 Å². The molecule has 2 aromatic heterocycles. The maximum atomic E-state index is 13.2. The topological polar surface area (TPSA) is 110 Å². The van der Waals surface area contributed by atoms with Gasteiger partial charge in [0.1, 0.15) is 16.9 Å². The first-order valence-corrected chi connectivity index (χ1v) is 10.6. The van der Waals surface area contributed by atoms with Gasteiger partial charge in [-0.3, -0.25) is 9.59 Å². The number of carbonyl (C=O) groups excluding carboxylic acids is 1. The highest BCUT2D eigenvalue weighted by atomic mass is 16.4. The van der Waals surface area contributed by atoms with Crippen LogP contribution in [0.5, 0.6) is 5.75 Å². The van der Waals surface area contributed by atoms with Gasteiger partial charge in [0.15, 0.2) is 5.43 Å². The van der Waals surface area contributed by atoms with Crippen LogP contribution in [0.25, 0.3) is 33.1 Å². The number of aromatic hydroxyl groups is 1. The van der Waals surface area contributed by atoms with Gasteiger partial charge in [-0.15, -0.1) is 0 Å². The second kappa shape index (κ2) is 8.37. The highest BCUT2D eigenvalue weighted by molar-refractivity contribution is 5.92. The number of phenols is 1. The van der Waals surface area contributed by atoms with E-state index in [0.29, 0.717) is 27.8 Å². The average Bonchev–Trinajstić information content (AvgIpc) is 2.82. The summed E-state index contributed by atoms with van der Waals surface area (Å²) in [7, 11) is 0. The number of rotatable bonds is 4. The van der Waals surface area contributed by atoms with E-state index in [1.165, 1.54) is 19.3 Å². The van der Waals surface area contributed by atoms with E-state index in [9.17, 15) is 19.5 Å². The normalized spacial score (nSPS) is 11.1. The van der Waals surface area contributed by atoms with Crippen molar-refractivity contribution in [3.05, 3.63) is 105 Å². The van der Waals surface area contributed by atoms with Gasteiger partial charge in [-0.2, -0.15) is 0 Å². The number of nitrogens with one attached hydrogen (secondary N) is 1. The van der Waals surface area contributed by atoms with E-state index in [1.54, 1.807) is 30.3 Å². The second-order valence-electron chi connectivity index (χ2n) is 7.95. The second-order valence-corrected chi connectivity index (χ2v) is 7.95. The standard InChI is InChI=1S/C27H19NO6/c1-15(29)28-19-8-10-24-22(13-19)25(31)18(14-33-24)12-21-23(30)9-7-17-11-20(27(32)34-26(17)21)16-5-3-2-4-6-16/h2-11,13-14,30H,12H2,1H3,(H,28,29). The zero-order valence-corrected chi connectivity index (χ0v) is 18.1. The van der Waals surface area contributed by atoms with Crippen LogP contribution >= 0.6 is 0 Å². The molecule has 7 heteroatoms. The molecule has 34 heavy (non-hydrogen) atoms. The first-order valence-electron chi connectivity index (χ1n) is 10.6. The SMILES string of the molecule is CC(=O)Nc1ccc2occ(Cc3c(O)ccc4cc(-c5ccccc5)c(=O)oc34)c(=O)c2c1. The molecule has 2 N–H and O–H groups in total. The van der Waals surface area contributed by atoms with E-state index >= 15 is 0 Å². The Balaban J connectivity index is 1.62. The van der Waals surface area contributed by atoms with Gasteiger partial charge in [0, 0.05) is 35.5 Å². The maximum Gasteiger partial charge on any atom is 0.344 e. The van der Waals surface area contributed by atoms with E-state index in [-0.39, 0.29) is 40.0 Å². The number of amides is 1. The molecule has 1 amide bonds. The lowest BCUT2D eigenvalue weighted by Crippen LogP contribution is -2.11. The van der Waals surface area contributed by atoms with Crippen molar-refractivity contribution in [1.82, 2.24) is 0 Å². The molecule has 168 valence electrons. The molecule has 0 bridgehead atoms. The van der Waals surface area contributed by atoms with Gasteiger partial charge in [-0.25, -0.2) is 4.79 Å². The quantitative estimate of drug-likeness (QED) is 0.378. The summed E-state index contributed by atoms with van der Waals surface area (Å²) in [5, 5.41) is 14.1. The van der Waals surface area contributed by atoms with E-state index < -0.39 is 5.63 Å². The average molecular weight is 453 g/mol. The zero-order chi connectivity index (χ0) is 23.8. The molecule has 0 saturated heterocycles. The molecule has 0 atom stereocenters. The Morgan fingerprint density at radius 2 is 1.79 bits per heavy atom. The van der Waals surface area contributed by atoms with Gasteiger partial charge in [0.2, 0.25) is 5.91 Å². The van der Waals surface area contributed by atoms with Crippen LogP contribution in [0.1, 0.15) is 18.1 Å². The number of hydrogen-bond acceptors (Lipinski definition) is 6. The Hall–Kier alpha value is -4.65. The van der Waals surface area contributed by atoms with Crippen molar-refractivity contribution in [1.29, 1.82) is 0 Å². The highest BCUT2D eigenvalue weighted by Crippen LogP contribution is 2.31. The molecule has 7 nitrogen and oxygen atoms in total. The van der Waals surface area contributed by atoms with Crippen LogP contribution in [0.3, 0.4) is 0 Å². The van der Waals surface area contributed by atoms with Gasteiger partial charge in [-0.1, -0.05) is 30.3 Å². The van der Waals surface area contributed by atoms with Crippen molar-refractivity contribution < 1.29 is 18.7 Å². The third kappa shape index (κ3) is 3.84. The fourth-order valence-electron chi connectivity index (χ4n) is 3.99. The van der Waals surface area contributed by atoms with Crippen LogP contribution in [0, 0.1) is 0 Å². The number of carbonyl (C=O) groups is 1. The van der Waals surface area contributed by atoms with Gasteiger partial charge in [-0.05, 0) is 42.0 Å². The lowest BCUT2D eigenvalue weighted by atomic mass is 9.99. The van der Waals surface area contributed by atoms with Gasteiger partial charge in [0.05, 0.1) is 17.2 Å². The molecule has 0 aliphatic carbocycles. The molecule has 0 fully saturated rings. The number of hydrogen-bond donors (Lipinski definition) is 2. The van der Waals surface area contributed by atoms with E-state index in [1.807, 2.05) is 30.3 Å². The van der Waals surface area contributed by atoms with Crippen LogP contribution in [0.2, 0.25) is 0 Å². The minimum absolute atomic E-state index is 0.0144. The first kappa shape index (κ1) is 21.2. The third-order valence-corrected chi connectivity index (χ3v) is 5.60. The fraction of sp³-hybridized carbons (Fsp3) is 0.0741. The molecule has 0 aliphatic rings.